The average Bonchev–Trinajstić information content (AvgIpc) is 2.56. The molecule has 0 saturated heterocycles. The van der Waals surface area contributed by atoms with Crippen LogP contribution >= 0.6 is 0 Å². The van der Waals surface area contributed by atoms with Crippen molar-refractivity contribution >= 4 is 6.03 Å². The first-order chi connectivity index (χ1) is 10.8. The van der Waals surface area contributed by atoms with E-state index >= 15 is 0 Å². The summed E-state index contributed by atoms with van der Waals surface area (Å²) >= 11 is 0. The molecule has 2 N–H and O–H groups in total. The third-order valence-corrected chi connectivity index (χ3v) is 3.07. The van der Waals surface area contributed by atoms with E-state index in [0.29, 0.717) is 6.54 Å². The van der Waals surface area contributed by atoms with Gasteiger partial charge < -0.3 is 20.1 Å². The van der Waals surface area contributed by atoms with Gasteiger partial charge in [0.05, 0.1) is 7.11 Å². The van der Waals surface area contributed by atoms with Crippen LogP contribution in [0.1, 0.15) is 5.56 Å². The predicted octanol–water partition coefficient (Wildman–Crippen LogP) is 2.57. The quantitative estimate of drug-likeness (QED) is 0.773. The monoisotopic (exact) mass is 300 g/mol. The van der Waals surface area contributed by atoms with Crippen LogP contribution in [-0.4, -0.2) is 26.4 Å². The summed E-state index contributed by atoms with van der Waals surface area (Å²) in [7, 11) is 1.64. The van der Waals surface area contributed by atoms with Crippen LogP contribution in [0.2, 0.25) is 0 Å². The van der Waals surface area contributed by atoms with Crippen molar-refractivity contribution < 1.29 is 14.3 Å². The van der Waals surface area contributed by atoms with Gasteiger partial charge in [-0.05, 0) is 36.2 Å². The minimum absolute atomic E-state index is 0.137. The fourth-order valence-electron chi connectivity index (χ4n) is 1.88. The largest absolute Gasteiger partial charge is 0.497 e. The van der Waals surface area contributed by atoms with Gasteiger partial charge in [0.1, 0.15) is 11.5 Å². The van der Waals surface area contributed by atoms with Crippen molar-refractivity contribution in [2.75, 3.05) is 20.4 Å². The van der Waals surface area contributed by atoms with Gasteiger partial charge in [-0.1, -0.05) is 30.3 Å². The summed E-state index contributed by atoms with van der Waals surface area (Å²) in [6.07, 6.45) is 0.761. The van der Waals surface area contributed by atoms with Gasteiger partial charge in [-0.15, -0.1) is 0 Å². The molecule has 5 heteroatoms. The highest BCUT2D eigenvalue weighted by atomic mass is 16.5. The first-order valence-corrected chi connectivity index (χ1v) is 7.10. The fraction of sp³-hybridized carbons (Fsp3) is 0.235. The second kappa shape index (κ2) is 8.56. The van der Waals surface area contributed by atoms with Crippen molar-refractivity contribution in [3.05, 3.63) is 60.2 Å². The van der Waals surface area contributed by atoms with Crippen LogP contribution in [0.4, 0.5) is 4.79 Å². The van der Waals surface area contributed by atoms with Gasteiger partial charge in [-0.3, -0.25) is 0 Å². The topological polar surface area (TPSA) is 59.6 Å². The molecule has 22 heavy (non-hydrogen) atoms. The van der Waals surface area contributed by atoms with Crippen LogP contribution in [0.15, 0.2) is 54.6 Å². The second-order valence-electron chi connectivity index (χ2n) is 4.63. The number of rotatable bonds is 7. The number of hydrogen-bond donors (Lipinski definition) is 2. The first kappa shape index (κ1) is 15.7. The fourth-order valence-corrected chi connectivity index (χ4v) is 1.88. The van der Waals surface area contributed by atoms with Crippen molar-refractivity contribution in [1.82, 2.24) is 10.6 Å². The summed E-state index contributed by atoms with van der Waals surface area (Å²) in [5.41, 5.74) is 1.14. The van der Waals surface area contributed by atoms with Crippen molar-refractivity contribution in [2.24, 2.45) is 0 Å². The number of hydrogen-bond acceptors (Lipinski definition) is 3. The average molecular weight is 300 g/mol. The van der Waals surface area contributed by atoms with Gasteiger partial charge in [-0.2, -0.15) is 0 Å². The predicted molar refractivity (Wildman–Crippen MR) is 85.2 cm³/mol. The van der Waals surface area contributed by atoms with Gasteiger partial charge >= 0.3 is 6.03 Å². The summed E-state index contributed by atoms with van der Waals surface area (Å²) in [6, 6.07) is 16.9. The number of ether oxygens (including phenoxy) is 2. The molecule has 0 atom stereocenters. The van der Waals surface area contributed by atoms with E-state index in [9.17, 15) is 4.79 Å². The SMILES string of the molecule is COc1ccc(CCNC(=O)NCOc2ccccc2)cc1. The number of carbonyl (C=O) groups excluding carboxylic acids is 1. The van der Waals surface area contributed by atoms with Gasteiger partial charge in [0.2, 0.25) is 0 Å². The molecule has 2 amide bonds. The molecule has 2 aromatic rings. The van der Waals surface area contributed by atoms with E-state index in [1.54, 1.807) is 7.11 Å². The molecule has 0 aliphatic rings. The Balaban J connectivity index is 1.61. The van der Waals surface area contributed by atoms with Crippen molar-refractivity contribution in [3.8, 4) is 11.5 Å². The van der Waals surface area contributed by atoms with Gasteiger partial charge in [0, 0.05) is 6.54 Å². The number of amides is 2. The molecule has 0 fully saturated rings. The third kappa shape index (κ3) is 5.36. The number of benzene rings is 2. The van der Waals surface area contributed by atoms with Crippen LogP contribution in [0, 0.1) is 0 Å². The lowest BCUT2D eigenvalue weighted by molar-refractivity contribution is 0.224. The maximum Gasteiger partial charge on any atom is 0.317 e. The van der Waals surface area contributed by atoms with Gasteiger partial charge in [0.15, 0.2) is 6.73 Å². The first-order valence-electron chi connectivity index (χ1n) is 7.10. The summed E-state index contributed by atoms with van der Waals surface area (Å²) in [4.78, 5) is 11.6. The third-order valence-electron chi connectivity index (χ3n) is 3.07. The molecule has 0 aliphatic heterocycles. The maximum absolute atomic E-state index is 11.6. The van der Waals surface area contributed by atoms with Crippen molar-refractivity contribution in [2.45, 2.75) is 6.42 Å². The lowest BCUT2D eigenvalue weighted by atomic mass is 10.1. The smallest absolute Gasteiger partial charge is 0.317 e. The zero-order valence-corrected chi connectivity index (χ0v) is 12.5. The molecule has 2 aromatic carbocycles. The minimum atomic E-state index is -0.246. The highest BCUT2D eigenvalue weighted by Crippen LogP contribution is 2.11. The van der Waals surface area contributed by atoms with E-state index in [1.807, 2.05) is 54.6 Å². The molecule has 0 bridgehead atoms. The summed E-state index contributed by atoms with van der Waals surface area (Å²) < 4.78 is 10.5. The van der Waals surface area contributed by atoms with E-state index in [4.69, 9.17) is 9.47 Å². The highest BCUT2D eigenvalue weighted by Gasteiger charge is 2.00. The molecule has 0 radical (unpaired) electrons. The molecule has 0 aliphatic carbocycles. The molecule has 0 spiro atoms. The van der Waals surface area contributed by atoms with Crippen LogP contribution in [0.5, 0.6) is 11.5 Å². The molecule has 5 nitrogen and oxygen atoms in total. The lowest BCUT2D eigenvalue weighted by Crippen LogP contribution is -2.38. The molecule has 0 heterocycles. The Kier molecular flexibility index (Phi) is 6.11. The molecular weight excluding hydrogens is 280 g/mol. The van der Waals surface area contributed by atoms with Crippen LogP contribution in [0.3, 0.4) is 0 Å². The molecule has 116 valence electrons. The number of carbonyl (C=O) groups is 1. The summed E-state index contributed by atoms with van der Waals surface area (Å²) in [6.45, 7) is 0.696. The molecular formula is C17H20N2O3. The minimum Gasteiger partial charge on any atom is -0.497 e. The number of nitrogens with one attached hydrogen (secondary N) is 2. The second-order valence-corrected chi connectivity index (χ2v) is 4.63. The Morgan fingerprint density at radius 1 is 0.955 bits per heavy atom. The Morgan fingerprint density at radius 2 is 1.68 bits per heavy atom. The van der Waals surface area contributed by atoms with Crippen molar-refractivity contribution in [1.29, 1.82) is 0 Å². The van der Waals surface area contributed by atoms with E-state index < -0.39 is 0 Å². The van der Waals surface area contributed by atoms with Crippen molar-refractivity contribution in [3.63, 3.8) is 0 Å². The lowest BCUT2D eigenvalue weighted by Gasteiger charge is -2.09. The number of methoxy groups -OCH3 is 1. The zero-order valence-electron chi connectivity index (χ0n) is 12.5. The van der Waals surface area contributed by atoms with Crippen LogP contribution < -0.4 is 20.1 Å². The Hall–Kier alpha value is -2.69. The zero-order chi connectivity index (χ0) is 15.6. The Morgan fingerprint density at radius 3 is 2.36 bits per heavy atom. The van der Waals surface area contributed by atoms with Gasteiger partial charge in [-0.25, -0.2) is 4.79 Å². The Bertz CT molecular complexity index is 570. The number of urea groups is 1. The standard InChI is InChI=1S/C17H20N2O3/c1-21-15-9-7-14(8-10-15)11-12-18-17(20)19-13-22-16-5-3-2-4-6-16/h2-10H,11-13H2,1H3,(H2,18,19,20). The normalized spacial score (nSPS) is 9.86. The molecule has 2 rings (SSSR count). The summed E-state index contributed by atoms with van der Waals surface area (Å²) in [5.74, 6) is 1.55. The van der Waals surface area contributed by atoms with E-state index in [0.717, 1.165) is 23.5 Å². The molecule has 0 saturated carbocycles. The van der Waals surface area contributed by atoms with E-state index in [1.165, 1.54) is 0 Å². The Labute approximate surface area is 130 Å². The van der Waals surface area contributed by atoms with E-state index in [2.05, 4.69) is 10.6 Å². The summed E-state index contributed by atoms with van der Waals surface area (Å²) in [5, 5.41) is 5.43. The van der Waals surface area contributed by atoms with E-state index in [-0.39, 0.29) is 12.8 Å². The van der Waals surface area contributed by atoms with Crippen LogP contribution in [-0.2, 0) is 6.42 Å². The highest BCUT2D eigenvalue weighted by molar-refractivity contribution is 5.73. The number of para-hydroxylation sites is 1. The molecule has 0 unspecified atom stereocenters. The van der Waals surface area contributed by atoms with Crippen LogP contribution in [0.25, 0.3) is 0 Å². The molecule has 0 aromatic heterocycles. The van der Waals surface area contributed by atoms with Gasteiger partial charge in [0.25, 0.3) is 0 Å². The maximum atomic E-state index is 11.6.